The fourth-order valence-corrected chi connectivity index (χ4v) is 2.39. The van der Waals surface area contributed by atoms with E-state index in [0.717, 1.165) is 13.1 Å². The summed E-state index contributed by atoms with van der Waals surface area (Å²) in [5.74, 6) is -0.397. The molecule has 0 radical (unpaired) electrons. The van der Waals surface area contributed by atoms with Gasteiger partial charge in [0, 0.05) is 5.56 Å². The summed E-state index contributed by atoms with van der Waals surface area (Å²) in [6.07, 6.45) is 0.685. The molecule has 0 saturated carbocycles. The molecule has 0 amide bonds. The molecule has 0 aliphatic rings. The number of benzene rings is 1. The molecule has 0 fully saturated rings. The van der Waals surface area contributed by atoms with Crippen LogP contribution in [0, 0.1) is 17.6 Å². The number of nitrogens with one attached hydrogen (secondary N) is 1. The van der Waals surface area contributed by atoms with Gasteiger partial charge in [-0.25, -0.2) is 8.78 Å². The molecule has 1 aromatic rings. The van der Waals surface area contributed by atoms with E-state index in [-0.39, 0.29) is 5.56 Å². The molecule has 0 aliphatic heterocycles. The van der Waals surface area contributed by atoms with Crippen LogP contribution in [0.4, 0.5) is 8.78 Å². The maximum absolute atomic E-state index is 14.1. The van der Waals surface area contributed by atoms with E-state index in [0.29, 0.717) is 16.8 Å². The highest BCUT2D eigenvalue weighted by Crippen LogP contribution is 2.34. The molecule has 0 spiro atoms. The fourth-order valence-electron chi connectivity index (χ4n) is 2.06. The zero-order valence-electron chi connectivity index (χ0n) is 12.0. The highest BCUT2D eigenvalue weighted by Gasteiger charge is 2.28. The van der Waals surface area contributed by atoms with Crippen molar-refractivity contribution in [2.45, 2.75) is 39.5 Å². The van der Waals surface area contributed by atoms with E-state index in [2.05, 4.69) is 35.1 Å². The third kappa shape index (κ3) is 4.53. The normalized spacial score (nSPS) is 12.2. The summed E-state index contributed by atoms with van der Waals surface area (Å²) in [5, 5.41) is 3.31. The minimum atomic E-state index is -0.540. The summed E-state index contributed by atoms with van der Waals surface area (Å²) in [4.78, 5) is 0. The van der Waals surface area contributed by atoms with Crippen LogP contribution in [0.5, 0.6) is 0 Å². The van der Waals surface area contributed by atoms with Gasteiger partial charge >= 0.3 is 0 Å². The molecule has 0 atom stereocenters. The van der Waals surface area contributed by atoms with Gasteiger partial charge in [-0.1, -0.05) is 27.7 Å². The van der Waals surface area contributed by atoms with Crippen molar-refractivity contribution in [3.8, 4) is 0 Å². The van der Waals surface area contributed by atoms with Crippen molar-refractivity contribution in [3.63, 3.8) is 0 Å². The Kier molecular flexibility index (Phi) is 5.93. The number of hydrogen-bond donors (Lipinski definition) is 1. The lowest BCUT2D eigenvalue weighted by Gasteiger charge is -2.27. The van der Waals surface area contributed by atoms with Gasteiger partial charge < -0.3 is 5.32 Å². The SMILES string of the molecule is CC(C)CNCCC(C)(C)c1c(F)ccc(Br)c1F. The van der Waals surface area contributed by atoms with Crippen molar-refractivity contribution in [1.29, 1.82) is 0 Å². The Labute approximate surface area is 122 Å². The van der Waals surface area contributed by atoms with Crippen molar-refractivity contribution < 1.29 is 8.78 Å². The van der Waals surface area contributed by atoms with Crippen LogP contribution in [-0.2, 0) is 5.41 Å². The molecule has 19 heavy (non-hydrogen) atoms. The molecular weight excluding hydrogens is 312 g/mol. The Balaban J connectivity index is 2.79. The Morgan fingerprint density at radius 1 is 1.26 bits per heavy atom. The number of halogens is 3. The lowest BCUT2D eigenvalue weighted by Crippen LogP contribution is -2.29. The first-order chi connectivity index (χ1) is 8.75. The Morgan fingerprint density at radius 2 is 1.89 bits per heavy atom. The first-order valence-corrected chi connectivity index (χ1v) is 7.39. The molecule has 1 N–H and O–H groups in total. The molecule has 4 heteroatoms. The maximum atomic E-state index is 14.1. The van der Waals surface area contributed by atoms with E-state index >= 15 is 0 Å². The summed E-state index contributed by atoms with van der Waals surface area (Å²) in [7, 11) is 0. The van der Waals surface area contributed by atoms with E-state index < -0.39 is 17.0 Å². The third-order valence-electron chi connectivity index (χ3n) is 3.20. The van der Waals surface area contributed by atoms with E-state index in [1.807, 2.05) is 13.8 Å². The predicted molar refractivity (Wildman–Crippen MR) is 79.4 cm³/mol. The largest absolute Gasteiger partial charge is 0.316 e. The van der Waals surface area contributed by atoms with Crippen molar-refractivity contribution in [2.24, 2.45) is 5.92 Å². The summed E-state index contributed by atoms with van der Waals surface area (Å²) in [6.45, 7) is 9.67. The molecule has 1 rings (SSSR count). The van der Waals surface area contributed by atoms with Gasteiger partial charge in [-0.2, -0.15) is 0 Å². The second kappa shape index (κ2) is 6.80. The monoisotopic (exact) mass is 333 g/mol. The highest BCUT2D eigenvalue weighted by molar-refractivity contribution is 9.10. The average Bonchev–Trinajstić information content (AvgIpc) is 2.29. The summed E-state index contributed by atoms with van der Waals surface area (Å²) >= 11 is 3.12. The molecule has 108 valence electrons. The molecule has 0 bridgehead atoms. The van der Waals surface area contributed by atoms with E-state index in [1.165, 1.54) is 12.1 Å². The van der Waals surface area contributed by atoms with Gasteiger partial charge in [0.1, 0.15) is 11.6 Å². The molecule has 0 aromatic heterocycles. The van der Waals surface area contributed by atoms with Gasteiger partial charge in [-0.15, -0.1) is 0 Å². The van der Waals surface area contributed by atoms with E-state index in [9.17, 15) is 8.78 Å². The lowest BCUT2D eigenvalue weighted by molar-refractivity contribution is 0.402. The van der Waals surface area contributed by atoms with Crippen molar-refractivity contribution in [2.75, 3.05) is 13.1 Å². The van der Waals surface area contributed by atoms with Gasteiger partial charge in [0.05, 0.1) is 4.47 Å². The summed E-state index contributed by atoms with van der Waals surface area (Å²) in [6, 6.07) is 2.72. The van der Waals surface area contributed by atoms with Crippen LogP contribution in [0.15, 0.2) is 16.6 Å². The molecule has 0 unspecified atom stereocenters. The zero-order chi connectivity index (χ0) is 14.6. The minimum absolute atomic E-state index is 0.160. The summed E-state index contributed by atoms with van der Waals surface area (Å²) < 4.78 is 28.3. The Bertz CT molecular complexity index is 430. The van der Waals surface area contributed by atoms with Gasteiger partial charge in [0.25, 0.3) is 0 Å². The minimum Gasteiger partial charge on any atom is -0.316 e. The Hall–Kier alpha value is -0.480. The zero-order valence-corrected chi connectivity index (χ0v) is 13.6. The molecule has 0 saturated heterocycles. The van der Waals surface area contributed by atoms with Gasteiger partial charge in [-0.3, -0.25) is 0 Å². The molecule has 0 aliphatic carbocycles. The molecular formula is C15H22BrF2N. The Morgan fingerprint density at radius 3 is 2.47 bits per heavy atom. The number of rotatable bonds is 6. The van der Waals surface area contributed by atoms with E-state index in [1.54, 1.807) is 0 Å². The second-order valence-corrected chi connectivity index (χ2v) is 6.80. The van der Waals surface area contributed by atoms with E-state index in [4.69, 9.17) is 0 Å². The second-order valence-electron chi connectivity index (χ2n) is 5.95. The molecule has 1 nitrogen and oxygen atoms in total. The van der Waals surface area contributed by atoms with Gasteiger partial charge in [-0.05, 0) is 58.9 Å². The maximum Gasteiger partial charge on any atom is 0.144 e. The topological polar surface area (TPSA) is 12.0 Å². The lowest BCUT2D eigenvalue weighted by atomic mass is 9.81. The van der Waals surface area contributed by atoms with Crippen molar-refractivity contribution >= 4 is 15.9 Å². The van der Waals surface area contributed by atoms with Crippen LogP contribution in [0.3, 0.4) is 0 Å². The smallest absolute Gasteiger partial charge is 0.144 e. The van der Waals surface area contributed by atoms with Crippen molar-refractivity contribution in [3.05, 3.63) is 33.8 Å². The summed E-state index contributed by atoms with van der Waals surface area (Å²) in [5.41, 5.74) is -0.379. The highest BCUT2D eigenvalue weighted by atomic mass is 79.9. The van der Waals surface area contributed by atoms with Crippen molar-refractivity contribution in [1.82, 2.24) is 5.32 Å². The first kappa shape index (κ1) is 16.6. The predicted octanol–water partition coefficient (Wildman–Crippen LogP) is 4.64. The van der Waals surface area contributed by atoms with Crippen LogP contribution in [-0.4, -0.2) is 13.1 Å². The van der Waals surface area contributed by atoms with Gasteiger partial charge in [0.2, 0.25) is 0 Å². The van der Waals surface area contributed by atoms with Crippen LogP contribution < -0.4 is 5.32 Å². The van der Waals surface area contributed by atoms with Gasteiger partial charge in [0.15, 0.2) is 0 Å². The fraction of sp³-hybridized carbons (Fsp3) is 0.600. The number of hydrogen-bond acceptors (Lipinski definition) is 1. The quantitative estimate of drug-likeness (QED) is 0.590. The third-order valence-corrected chi connectivity index (χ3v) is 3.81. The molecule has 0 heterocycles. The van der Waals surface area contributed by atoms with Crippen LogP contribution >= 0.6 is 15.9 Å². The molecule has 1 aromatic carbocycles. The standard InChI is InChI=1S/C15H22BrF2N/c1-10(2)9-19-8-7-15(3,4)13-12(17)6-5-11(16)14(13)18/h5-6,10,19H,7-9H2,1-4H3. The van der Waals surface area contributed by atoms with Crippen LogP contribution in [0.2, 0.25) is 0 Å². The first-order valence-electron chi connectivity index (χ1n) is 6.60. The average molecular weight is 334 g/mol. The van der Waals surface area contributed by atoms with Crippen LogP contribution in [0.1, 0.15) is 39.7 Å². The van der Waals surface area contributed by atoms with Crippen LogP contribution in [0.25, 0.3) is 0 Å².